The van der Waals surface area contributed by atoms with Crippen LogP contribution in [0.2, 0.25) is 5.02 Å². The average molecular weight is 427 g/mol. The van der Waals surface area contributed by atoms with E-state index < -0.39 is 0 Å². The van der Waals surface area contributed by atoms with Crippen LogP contribution in [0, 0.1) is 0 Å². The lowest BCUT2D eigenvalue weighted by Gasteiger charge is -2.20. The van der Waals surface area contributed by atoms with Gasteiger partial charge in [-0.1, -0.05) is 23.7 Å². The Morgan fingerprint density at radius 3 is 2.90 bits per heavy atom. The number of pyridine rings is 1. The molecule has 6 heteroatoms. The fraction of sp³-hybridized carbons (Fsp3) is 0.304. The first-order valence-corrected chi connectivity index (χ1v) is 11.3. The molecule has 0 fully saturated rings. The van der Waals surface area contributed by atoms with E-state index in [1.54, 1.807) is 11.8 Å². The Bertz CT molecular complexity index is 1050. The van der Waals surface area contributed by atoms with Gasteiger partial charge in [0.1, 0.15) is 5.75 Å². The molecule has 1 aliphatic rings. The minimum Gasteiger partial charge on any atom is -0.492 e. The molecular formula is C23H23ClN2O2S. The van der Waals surface area contributed by atoms with Gasteiger partial charge in [0.15, 0.2) is 0 Å². The number of hydrogen-bond acceptors (Lipinski definition) is 4. The highest BCUT2D eigenvalue weighted by Crippen LogP contribution is 2.37. The number of amides is 1. The maximum atomic E-state index is 12.7. The second-order valence-electron chi connectivity index (χ2n) is 7.00. The Morgan fingerprint density at radius 1 is 1.21 bits per heavy atom. The molecule has 1 heterocycles. The van der Waals surface area contributed by atoms with Crippen LogP contribution in [0.5, 0.6) is 5.75 Å². The van der Waals surface area contributed by atoms with E-state index in [0.29, 0.717) is 28.8 Å². The summed E-state index contributed by atoms with van der Waals surface area (Å²) < 4.78 is 5.60. The number of halogens is 1. The number of hydrogen-bond donors (Lipinski definition) is 1. The van der Waals surface area contributed by atoms with Gasteiger partial charge in [-0.3, -0.25) is 9.78 Å². The molecule has 3 aromatic rings. The molecule has 1 aliphatic carbocycles. The van der Waals surface area contributed by atoms with E-state index in [-0.39, 0.29) is 5.91 Å². The van der Waals surface area contributed by atoms with Crippen LogP contribution in [0.15, 0.2) is 47.4 Å². The number of carbonyl (C=O) groups excluding carboxylic acids is 1. The lowest BCUT2D eigenvalue weighted by atomic mass is 9.94. The zero-order valence-corrected chi connectivity index (χ0v) is 17.9. The monoisotopic (exact) mass is 426 g/mol. The predicted molar refractivity (Wildman–Crippen MR) is 120 cm³/mol. The first-order valence-electron chi connectivity index (χ1n) is 9.91. The van der Waals surface area contributed by atoms with Crippen molar-refractivity contribution < 1.29 is 9.53 Å². The molecule has 0 radical (unpaired) electrons. The van der Waals surface area contributed by atoms with Gasteiger partial charge in [0.25, 0.3) is 0 Å². The zero-order chi connectivity index (χ0) is 20.2. The molecule has 0 aliphatic heterocycles. The van der Waals surface area contributed by atoms with E-state index in [9.17, 15) is 4.79 Å². The van der Waals surface area contributed by atoms with Gasteiger partial charge in [-0.15, -0.1) is 11.8 Å². The number of nitrogens with zero attached hydrogens (tertiary/aromatic N) is 1. The van der Waals surface area contributed by atoms with Crippen molar-refractivity contribution in [3.63, 3.8) is 0 Å². The summed E-state index contributed by atoms with van der Waals surface area (Å²) in [6.07, 6.45) is 4.32. The molecule has 4 rings (SSSR count). The molecule has 0 spiro atoms. The van der Waals surface area contributed by atoms with Crippen molar-refractivity contribution in [1.29, 1.82) is 0 Å². The lowest BCUT2D eigenvalue weighted by molar-refractivity contribution is -0.113. The topological polar surface area (TPSA) is 51.2 Å². The maximum absolute atomic E-state index is 12.7. The van der Waals surface area contributed by atoms with Crippen molar-refractivity contribution >= 4 is 45.9 Å². The highest BCUT2D eigenvalue weighted by molar-refractivity contribution is 8.00. The summed E-state index contributed by atoms with van der Waals surface area (Å²) in [5.41, 5.74) is 4.08. The molecule has 150 valence electrons. The molecule has 2 aromatic carbocycles. The number of benzene rings is 2. The van der Waals surface area contributed by atoms with Crippen molar-refractivity contribution in [2.24, 2.45) is 0 Å². The number of anilines is 1. The van der Waals surface area contributed by atoms with Crippen LogP contribution in [0.1, 0.15) is 31.0 Å². The van der Waals surface area contributed by atoms with Crippen LogP contribution in [0.25, 0.3) is 10.9 Å². The molecule has 0 saturated heterocycles. The Hall–Kier alpha value is -2.24. The van der Waals surface area contributed by atoms with Gasteiger partial charge in [0.2, 0.25) is 5.91 Å². The third kappa shape index (κ3) is 4.51. The minimum atomic E-state index is -0.0568. The second kappa shape index (κ2) is 9.06. The van der Waals surface area contributed by atoms with E-state index in [1.807, 2.05) is 49.4 Å². The number of ether oxygens (including phenoxy) is 1. The zero-order valence-electron chi connectivity index (χ0n) is 16.3. The number of rotatable bonds is 6. The van der Waals surface area contributed by atoms with Crippen molar-refractivity contribution in [3.8, 4) is 5.75 Å². The summed E-state index contributed by atoms with van der Waals surface area (Å²) >= 11 is 7.83. The van der Waals surface area contributed by atoms with Crippen LogP contribution in [-0.4, -0.2) is 23.3 Å². The van der Waals surface area contributed by atoms with Gasteiger partial charge < -0.3 is 10.1 Å². The van der Waals surface area contributed by atoms with E-state index in [2.05, 4.69) is 5.32 Å². The van der Waals surface area contributed by atoms with Crippen LogP contribution >= 0.6 is 23.4 Å². The highest BCUT2D eigenvalue weighted by Gasteiger charge is 2.20. The third-order valence-corrected chi connectivity index (χ3v) is 6.38. The molecule has 1 amide bonds. The first-order chi connectivity index (χ1) is 14.2. The molecule has 1 N–H and O–H groups in total. The van der Waals surface area contributed by atoms with E-state index >= 15 is 0 Å². The number of carbonyl (C=O) groups is 1. The van der Waals surface area contributed by atoms with Gasteiger partial charge in [-0.25, -0.2) is 0 Å². The SMILES string of the molecule is CCOc1ccccc1NC(=O)CSc1c2c(nc3ccc(Cl)cc13)CCCC2. The van der Waals surface area contributed by atoms with E-state index in [1.165, 1.54) is 5.56 Å². The van der Waals surface area contributed by atoms with E-state index in [0.717, 1.165) is 47.2 Å². The summed E-state index contributed by atoms with van der Waals surface area (Å²) in [7, 11) is 0. The Balaban J connectivity index is 1.58. The molecule has 0 unspecified atom stereocenters. The number of aryl methyl sites for hydroxylation is 1. The van der Waals surface area contributed by atoms with Crippen LogP contribution in [0.4, 0.5) is 5.69 Å². The molecule has 4 nitrogen and oxygen atoms in total. The van der Waals surface area contributed by atoms with Crippen LogP contribution in [0.3, 0.4) is 0 Å². The Kier molecular flexibility index (Phi) is 6.26. The Labute approximate surface area is 180 Å². The summed E-state index contributed by atoms with van der Waals surface area (Å²) in [5.74, 6) is 0.948. The van der Waals surface area contributed by atoms with Gasteiger partial charge in [-0.2, -0.15) is 0 Å². The molecular weight excluding hydrogens is 404 g/mol. The van der Waals surface area contributed by atoms with Gasteiger partial charge in [0, 0.05) is 21.0 Å². The smallest absolute Gasteiger partial charge is 0.234 e. The standard InChI is InChI=1S/C23H23ClN2O2S/c1-2-28-21-10-6-5-9-20(21)26-22(27)14-29-23-16-7-3-4-8-18(16)25-19-12-11-15(24)13-17(19)23/h5-6,9-13H,2-4,7-8,14H2,1H3,(H,26,27). The van der Waals surface area contributed by atoms with Crippen molar-refractivity contribution in [2.45, 2.75) is 37.5 Å². The van der Waals surface area contributed by atoms with Gasteiger partial charge in [-0.05, 0) is 68.5 Å². The number of fused-ring (bicyclic) bond motifs is 2. The largest absolute Gasteiger partial charge is 0.492 e. The van der Waals surface area contributed by atoms with Crippen LogP contribution < -0.4 is 10.1 Å². The number of para-hydroxylation sites is 2. The van der Waals surface area contributed by atoms with E-state index in [4.69, 9.17) is 21.3 Å². The second-order valence-corrected chi connectivity index (χ2v) is 8.42. The summed E-state index contributed by atoms with van der Waals surface area (Å²) in [4.78, 5) is 18.7. The summed E-state index contributed by atoms with van der Waals surface area (Å²) in [6, 6.07) is 13.3. The summed E-state index contributed by atoms with van der Waals surface area (Å²) in [5, 5.41) is 4.70. The molecule has 0 bridgehead atoms. The third-order valence-electron chi connectivity index (χ3n) is 4.98. The number of nitrogens with one attached hydrogen (secondary N) is 1. The maximum Gasteiger partial charge on any atom is 0.234 e. The quantitative estimate of drug-likeness (QED) is 0.499. The molecule has 0 atom stereocenters. The summed E-state index contributed by atoms with van der Waals surface area (Å²) in [6.45, 7) is 2.48. The fourth-order valence-electron chi connectivity index (χ4n) is 3.69. The van der Waals surface area contributed by atoms with Crippen molar-refractivity contribution in [1.82, 2.24) is 4.98 Å². The average Bonchev–Trinajstić information content (AvgIpc) is 2.73. The van der Waals surface area contributed by atoms with Crippen LogP contribution in [-0.2, 0) is 17.6 Å². The predicted octanol–water partition coefficient (Wildman–Crippen LogP) is 5.90. The molecule has 29 heavy (non-hydrogen) atoms. The lowest BCUT2D eigenvalue weighted by Crippen LogP contribution is -2.15. The van der Waals surface area contributed by atoms with Crippen molar-refractivity contribution in [3.05, 3.63) is 58.7 Å². The number of thioether (sulfide) groups is 1. The van der Waals surface area contributed by atoms with Crippen molar-refractivity contribution in [2.75, 3.05) is 17.7 Å². The Morgan fingerprint density at radius 2 is 2.03 bits per heavy atom. The molecule has 1 aromatic heterocycles. The highest BCUT2D eigenvalue weighted by atomic mass is 35.5. The molecule has 0 saturated carbocycles. The van der Waals surface area contributed by atoms with Gasteiger partial charge >= 0.3 is 0 Å². The minimum absolute atomic E-state index is 0.0568. The number of aromatic nitrogens is 1. The normalized spacial score (nSPS) is 13.2. The van der Waals surface area contributed by atoms with Gasteiger partial charge in [0.05, 0.1) is 23.6 Å². The first kappa shape index (κ1) is 20.0. The fourth-order valence-corrected chi connectivity index (χ4v) is 4.93.